The highest BCUT2D eigenvalue weighted by Gasteiger charge is 1.98. The van der Waals surface area contributed by atoms with Gasteiger partial charge in [0.1, 0.15) is 0 Å². The van der Waals surface area contributed by atoms with E-state index in [9.17, 15) is 0 Å². The van der Waals surface area contributed by atoms with E-state index in [0.29, 0.717) is 0 Å². The minimum Gasteiger partial charge on any atom is -0.158 e. The van der Waals surface area contributed by atoms with Crippen molar-refractivity contribution in [3.63, 3.8) is 0 Å². The van der Waals surface area contributed by atoms with Crippen molar-refractivity contribution < 1.29 is 0 Å². The smallest absolute Gasteiger partial charge is 0.0674 e. The Labute approximate surface area is 130 Å². The molecule has 0 spiro atoms. The molecule has 4 nitrogen and oxygen atoms in total. The largest absolute Gasteiger partial charge is 0.158 e. The zero-order valence-corrected chi connectivity index (χ0v) is 13.3. The van der Waals surface area contributed by atoms with Gasteiger partial charge in [0.05, 0.1) is 34.2 Å². The second kappa shape index (κ2) is 5.85. The van der Waals surface area contributed by atoms with Crippen molar-refractivity contribution in [1.82, 2.24) is 20.4 Å². The Morgan fingerprint density at radius 1 is 0.842 bits per heavy atom. The molecule has 0 aromatic carbocycles. The van der Waals surface area contributed by atoms with E-state index in [2.05, 4.69) is 48.4 Å². The first kappa shape index (κ1) is 12.8. The molecule has 7 heteroatoms. The molecule has 19 heavy (non-hydrogen) atoms. The molecule has 0 N–H and O–H groups in total. The van der Waals surface area contributed by atoms with Gasteiger partial charge in [-0.15, -0.1) is 22.7 Å². The average Bonchev–Trinajstić information content (AvgIpc) is 3.07. The van der Waals surface area contributed by atoms with E-state index >= 15 is 0 Å². The van der Waals surface area contributed by atoms with E-state index in [1.54, 1.807) is 47.5 Å². The van der Waals surface area contributed by atoms with Crippen molar-refractivity contribution in [3.8, 4) is 0 Å². The lowest BCUT2D eigenvalue weighted by molar-refractivity contribution is 1.05. The molecular weight excluding hydrogens is 391 g/mol. The van der Waals surface area contributed by atoms with Gasteiger partial charge in [0.25, 0.3) is 0 Å². The summed E-state index contributed by atoms with van der Waals surface area (Å²) in [6.07, 6.45) is 7.14. The monoisotopic (exact) mass is 398 g/mol. The predicted octanol–water partition coefficient (Wildman–Crippen LogP) is 3.99. The van der Waals surface area contributed by atoms with E-state index in [4.69, 9.17) is 0 Å². The van der Waals surface area contributed by atoms with Crippen molar-refractivity contribution in [1.29, 1.82) is 0 Å². The summed E-state index contributed by atoms with van der Waals surface area (Å²) in [5, 5.41) is 21.6. The Morgan fingerprint density at radius 3 is 2.37 bits per heavy atom. The van der Waals surface area contributed by atoms with Gasteiger partial charge in [-0.1, -0.05) is 0 Å². The number of aromatic nitrogens is 4. The van der Waals surface area contributed by atoms with Crippen LogP contribution in [0.5, 0.6) is 0 Å². The quantitative estimate of drug-likeness (QED) is 0.421. The van der Waals surface area contributed by atoms with E-state index in [1.165, 1.54) is 23.7 Å². The van der Waals surface area contributed by atoms with Crippen LogP contribution in [-0.4, -0.2) is 20.4 Å². The van der Waals surface area contributed by atoms with Gasteiger partial charge in [-0.05, 0) is 34.0 Å². The zero-order valence-electron chi connectivity index (χ0n) is 9.52. The molecule has 4 rings (SSSR count). The number of hydrogen-bond acceptors (Lipinski definition) is 6. The number of fused-ring (bicyclic) bond motifs is 2. The van der Waals surface area contributed by atoms with Crippen LogP contribution in [-0.2, 0) is 0 Å². The first-order chi connectivity index (χ1) is 9.34. The maximum absolute atomic E-state index is 3.80. The van der Waals surface area contributed by atoms with Gasteiger partial charge >= 0.3 is 0 Å². The zero-order chi connectivity index (χ0) is 13.1. The van der Waals surface area contributed by atoms with Crippen LogP contribution in [0.2, 0.25) is 0 Å². The minimum atomic E-state index is 1.18. The Kier molecular flexibility index (Phi) is 3.95. The van der Waals surface area contributed by atoms with E-state index in [1.807, 2.05) is 11.4 Å². The molecule has 0 amide bonds. The molecule has 0 aliphatic carbocycles. The van der Waals surface area contributed by atoms with E-state index < -0.39 is 0 Å². The summed E-state index contributed by atoms with van der Waals surface area (Å²) in [4.78, 5) is 0. The Morgan fingerprint density at radius 2 is 1.58 bits per heavy atom. The molecule has 0 aliphatic heterocycles. The lowest BCUT2D eigenvalue weighted by atomic mass is 10.4. The summed E-state index contributed by atoms with van der Waals surface area (Å²) in [5.74, 6) is 0. The van der Waals surface area contributed by atoms with Crippen molar-refractivity contribution in [3.05, 3.63) is 45.2 Å². The molecule has 94 valence electrons. The Balaban J connectivity index is 0.000000117. The predicted molar refractivity (Wildman–Crippen MR) is 87.5 cm³/mol. The topological polar surface area (TPSA) is 51.6 Å². The third-order valence-corrected chi connectivity index (χ3v) is 5.52. The van der Waals surface area contributed by atoms with E-state index in [0.717, 1.165) is 0 Å². The third kappa shape index (κ3) is 2.88. The van der Waals surface area contributed by atoms with Gasteiger partial charge in [0, 0.05) is 19.7 Å². The highest BCUT2D eigenvalue weighted by Crippen LogP contribution is 2.24. The lowest BCUT2D eigenvalue weighted by Gasteiger charge is -1.83. The summed E-state index contributed by atoms with van der Waals surface area (Å²) in [6.45, 7) is 0. The maximum atomic E-state index is 3.80. The first-order valence-corrected chi connectivity index (χ1v) is 8.15. The van der Waals surface area contributed by atoms with Gasteiger partial charge in [-0.3, -0.25) is 0 Å². The summed E-state index contributed by atoms with van der Waals surface area (Å²) in [7, 11) is 0. The van der Waals surface area contributed by atoms with Crippen molar-refractivity contribution in [2.45, 2.75) is 0 Å². The van der Waals surface area contributed by atoms with Gasteiger partial charge < -0.3 is 0 Å². The average molecular weight is 398 g/mol. The van der Waals surface area contributed by atoms with Crippen LogP contribution < -0.4 is 0 Å². The molecule has 0 fully saturated rings. The van der Waals surface area contributed by atoms with Crippen LogP contribution in [0, 0.1) is 3.57 Å². The Hall–Kier alpha value is -1.19. The molecule has 4 aromatic rings. The summed E-state index contributed by atoms with van der Waals surface area (Å²) < 4.78 is 3.66. The molecule has 0 aliphatic rings. The molecule has 0 bridgehead atoms. The minimum absolute atomic E-state index is 1.18. The molecule has 4 heterocycles. The number of rotatable bonds is 0. The van der Waals surface area contributed by atoms with Crippen LogP contribution in [0.25, 0.3) is 20.2 Å². The summed E-state index contributed by atoms with van der Waals surface area (Å²) in [5.41, 5.74) is 0. The van der Waals surface area contributed by atoms with Crippen molar-refractivity contribution >= 4 is 65.4 Å². The third-order valence-electron chi connectivity index (χ3n) is 2.41. The highest BCUT2D eigenvalue weighted by atomic mass is 127. The van der Waals surface area contributed by atoms with Gasteiger partial charge in [-0.2, -0.15) is 20.4 Å². The van der Waals surface area contributed by atoms with Crippen LogP contribution in [0.15, 0.2) is 41.6 Å². The van der Waals surface area contributed by atoms with Gasteiger partial charge in [-0.25, -0.2) is 0 Å². The van der Waals surface area contributed by atoms with Crippen LogP contribution in [0.1, 0.15) is 0 Å². The lowest BCUT2D eigenvalue weighted by Crippen LogP contribution is -1.75. The fourth-order valence-corrected chi connectivity index (χ4v) is 3.96. The van der Waals surface area contributed by atoms with Crippen LogP contribution >= 0.6 is 45.3 Å². The normalized spacial score (nSPS) is 10.4. The van der Waals surface area contributed by atoms with Gasteiger partial charge in [0.15, 0.2) is 0 Å². The SMILES string of the molecule is Ic1csc2cnncc12.c1cc2cnncc2s1. The number of nitrogens with zero attached hydrogens (tertiary/aromatic N) is 4. The summed E-state index contributed by atoms with van der Waals surface area (Å²) >= 11 is 5.68. The molecule has 4 aromatic heterocycles. The highest BCUT2D eigenvalue weighted by molar-refractivity contribution is 14.1. The standard InChI is InChI=1S/C6H3IN2S.C6H4N2S/c7-5-3-10-6-2-9-8-1-4(5)6;1-2-9-6-4-8-7-3-5(1)6/h1-3H;1-4H. The van der Waals surface area contributed by atoms with Crippen LogP contribution in [0.4, 0.5) is 0 Å². The molecule has 0 unspecified atom stereocenters. The second-order valence-corrected chi connectivity index (χ2v) is 6.60. The Bertz CT molecular complexity index is 781. The van der Waals surface area contributed by atoms with E-state index in [-0.39, 0.29) is 0 Å². The van der Waals surface area contributed by atoms with Crippen molar-refractivity contribution in [2.24, 2.45) is 0 Å². The number of halogens is 1. The number of hydrogen-bond donors (Lipinski definition) is 0. The molecule has 0 atom stereocenters. The summed E-state index contributed by atoms with van der Waals surface area (Å²) in [6, 6.07) is 2.04. The maximum Gasteiger partial charge on any atom is 0.0674 e. The number of thiophene rings is 2. The fourth-order valence-electron chi connectivity index (χ4n) is 1.49. The van der Waals surface area contributed by atoms with Gasteiger partial charge in [0.2, 0.25) is 0 Å². The molecule has 0 saturated heterocycles. The first-order valence-electron chi connectivity index (χ1n) is 5.32. The molecule has 0 saturated carbocycles. The molecule has 0 radical (unpaired) electrons. The van der Waals surface area contributed by atoms with Crippen LogP contribution in [0.3, 0.4) is 0 Å². The van der Waals surface area contributed by atoms with Crippen molar-refractivity contribution in [2.75, 3.05) is 0 Å². The molecular formula is C12H7IN4S2. The fraction of sp³-hybridized carbons (Fsp3) is 0. The second-order valence-electron chi connectivity index (χ2n) is 3.58.